The van der Waals surface area contributed by atoms with E-state index in [1.807, 2.05) is 16.7 Å². The summed E-state index contributed by atoms with van der Waals surface area (Å²) in [5, 5.41) is 8.93. The highest BCUT2D eigenvalue weighted by molar-refractivity contribution is 5.76. The van der Waals surface area contributed by atoms with Crippen LogP contribution in [0.3, 0.4) is 0 Å². The van der Waals surface area contributed by atoms with Crippen LogP contribution in [0.1, 0.15) is 47.0 Å². The number of carboxylic acids is 1. The molecule has 1 rings (SSSR count). The van der Waals surface area contributed by atoms with E-state index in [4.69, 9.17) is 5.11 Å². The van der Waals surface area contributed by atoms with E-state index in [-0.39, 0.29) is 18.5 Å². The van der Waals surface area contributed by atoms with Gasteiger partial charge in [-0.15, -0.1) is 0 Å². The summed E-state index contributed by atoms with van der Waals surface area (Å²) >= 11 is 0. The van der Waals surface area contributed by atoms with Gasteiger partial charge in [0.25, 0.3) is 0 Å². The topological polar surface area (TPSA) is 60.9 Å². The molecule has 1 fully saturated rings. The second-order valence-corrected chi connectivity index (χ2v) is 6.49. The smallest absolute Gasteiger partial charge is 0.317 e. The molecule has 0 bridgehead atoms. The maximum absolute atomic E-state index is 12.3. The van der Waals surface area contributed by atoms with E-state index in [1.165, 1.54) is 0 Å². The normalized spacial score (nSPS) is 18.3. The lowest BCUT2D eigenvalue weighted by molar-refractivity contribution is -0.140. The van der Waals surface area contributed by atoms with Gasteiger partial charge in [0, 0.05) is 25.6 Å². The molecule has 1 aliphatic rings. The summed E-state index contributed by atoms with van der Waals surface area (Å²) in [6.45, 7) is 10.8. The molecule has 21 heavy (non-hydrogen) atoms. The molecule has 1 aliphatic heterocycles. The fourth-order valence-electron chi connectivity index (χ4n) is 2.79. The number of carboxylic acid groups (broad SMARTS) is 1. The minimum absolute atomic E-state index is 0.0967. The average Bonchev–Trinajstić information content (AvgIpc) is 2.44. The van der Waals surface area contributed by atoms with Gasteiger partial charge < -0.3 is 10.0 Å². The summed E-state index contributed by atoms with van der Waals surface area (Å²) in [5.74, 6) is 0.407. The third-order valence-corrected chi connectivity index (χ3v) is 4.71. The van der Waals surface area contributed by atoms with Gasteiger partial charge in [-0.2, -0.15) is 0 Å². The predicted molar refractivity (Wildman–Crippen MR) is 83.1 cm³/mol. The van der Waals surface area contributed by atoms with Gasteiger partial charge in [0.15, 0.2) is 0 Å². The number of hydrogen-bond acceptors (Lipinski definition) is 3. The van der Waals surface area contributed by atoms with Crippen LogP contribution < -0.4 is 0 Å². The van der Waals surface area contributed by atoms with E-state index in [1.54, 1.807) is 0 Å². The number of carbonyl (C=O) groups is 2. The van der Waals surface area contributed by atoms with Crippen molar-refractivity contribution in [3.05, 3.63) is 0 Å². The van der Waals surface area contributed by atoms with Gasteiger partial charge >= 0.3 is 5.97 Å². The quantitative estimate of drug-likeness (QED) is 0.781. The fraction of sp³-hybridized carbons (Fsp3) is 0.875. The third-order valence-electron chi connectivity index (χ3n) is 4.71. The van der Waals surface area contributed by atoms with E-state index >= 15 is 0 Å². The van der Waals surface area contributed by atoms with Crippen LogP contribution in [0.4, 0.5) is 0 Å². The molecule has 122 valence electrons. The van der Waals surface area contributed by atoms with Crippen molar-refractivity contribution < 1.29 is 14.7 Å². The number of likely N-dealkylation sites (tertiary alicyclic amines) is 1. The highest BCUT2D eigenvalue weighted by atomic mass is 16.4. The molecule has 0 radical (unpaired) electrons. The second-order valence-electron chi connectivity index (χ2n) is 6.49. The van der Waals surface area contributed by atoms with Crippen molar-refractivity contribution >= 4 is 11.9 Å². The van der Waals surface area contributed by atoms with Crippen LogP contribution >= 0.6 is 0 Å². The molecule has 1 N–H and O–H groups in total. The summed E-state index contributed by atoms with van der Waals surface area (Å²) in [6.07, 6.45) is 2.38. The largest absolute Gasteiger partial charge is 0.480 e. The van der Waals surface area contributed by atoms with Crippen molar-refractivity contribution in [3.63, 3.8) is 0 Å². The van der Waals surface area contributed by atoms with Gasteiger partial charge in [-0.3, -0.25) is 14.5 Å². The van der Waals surface area contributed by atoms with Crippen LogP contribution in [0.25, 0.3) is 0 Å². The number of rotatable bonds is 7. The van der Waals surface area contributed by atoms with Crippen molar-refractivity contribution in [1.29, 1.82) is 0 Å². The number of piperidine rings is 1. The van der Waals surface area contributed by atoms with E-state index in [9.17, 15) is 9.59 Å². The average molecular weight is 298 g/mol. The highest BCUT2D eigenvalue weighted by Crippen LogP contribution is 2.20. The molecule has 0 spiro atoms. The zero-order valence-electron chi connectivity index (χ0n) is 13.8. The van der Waals surface area contributed by atoms with Crippen LogP contribution in [0.2, 0.25) is 0 Å². The van der Waals surface area contributed by atoms with Gasteiger partial charge in [-0.1, -0.05) is 27.7 Å². The Morgan fingerprint density at radius 1 is 1.24 bits per heavy atom. The lowest BCUT2D eigenvalue weighted by atomic mass is 9.93. The van der Waals surface area contributed by atoms with Gasteiger partial charge in [0.05, 0.1) is 6.54 Å². The van der Waals surface area contributed by atoms with E-state index in [0.717, 1.165) is 32.5 Å². The SMILES string of the molecule is CCN(CC(=O)O)C1CCN(C(=O)CC(C)C(C)C)CC1. The Balaban J connectivity index is 2.44. The first-order valence-electron chi connectivity index (χ1n) is 8.08. The van der Waals surface area contributed by atoms with Crippen molar-refractivity contribution in [2.75, 3.05) is 26.2 Å². The van der Waals surface area contributed by atoms with Crippen LogP contribution in [-0.4, -0.2) is 59.0 Å². The number of hydrogen-bond donors (Lipinski definition) is 1. The van der Waals surface area contributed by atoms with Gasteiger partial charge in [0.1, 0.15) is 0 Å². The Bertz CT molecular complexity index is 349. The molecule has 0 aromatic rings. The Labute approximate surface area is 128 Å². The first-order chi connectivity index (χ1) is 9.85. The molecule has 1 heterocycles. The zero-order chi connectivity index (χ0) is 16.0. The standard InChI is InChI=1S/C16H30N2O3/c1-5-17(11-16(20)21)14-6-8-18(9-7-14)15(19)10-13(4)12(2)3/h12-14H,5-11H2,1-4H3,(H,20,21). The van der Waals surface area contributed by atoms with E-state index < -0.39 is 5.97 Å². The molecule has 5 nitrogen and oxygen atoms in total. The first-order valence-corrected chi connectivity index (χ1v) is 8.08. The molecule has 1 amide bonds. The number of aliphatic carboxylic acids is 1. The van der Waals surface area contributed by atoms with Crippen LogP contribution in [-0.2, 0) is 9.59 Å². The van der Waals surface area contributed by atoms with Gasteiger partial charge in [-0.25, -0.2) is 0 Å². The van der Waals surface area contributed by atoms with Crippen LogP contribution in [0.15, 0.2) is 0 Å². The molecule has 1 saturated heterocycles. The zero-order valence-corrected chi connectivity index (χ0v) is 13.8. The Hall–Kier alpha value is -1.10. The second kappa shape index (κ2) is 8.37. The Kier molecular flexibility index (Phi) is 7.15. The third kappa shape index (κ3) is 5.65. The van der Waals surface area contributed by atoms with Gasteiger partial charge in [-0.05, 0) is 31.2 Å². The van der Waals surface area contributed by atoms with Gasteiger partial charge in [0.2, 0.25) is 5.91 Å². The number of carbonyl (C=O) groups excluding carboxylic acids is 1. The summed E-state index contributed by atoms with van der Waals surface area (Å²) < 4.78 is 0. The molecule has 0 saturated carbocycles. The fourth-order valence-corrected chi connectivity index (χ4v) is 2.79. The number of nitrogens with zero attached hydrogens (tertiary/aromatic N) is 2. The summed E-state index contributed by atoms with van der Waals surface area (Å²) in [6, 6.07) is 0.290. The molecule has 0 aromatic carbocycles. The maximum atomic E-state index is 12.3. The maximum Gasteiger partial charge on any atom is 0.317 e. The van der Waals surface area contributed by atoms with Crippen molar-refractivity contribution in [2.24, 2.45) is 11.8 Å². The minimum Gasteiger partial charge on any atom is -0.480 e. The molecule has 0 aliphatic carbocycles. The van der Waals surface area contributed by atoms with Crippen molar-refractivity contribution in [2.45, 2.75) is 53.0 Å². The highest BCUT2D eigenvalue weighted by Gasteiger charge is 2.27. The van der Waals surface area contributed by atoms with E-state index in [0.29, 0.717) is 18.3 Å². The minimum atomic E-state index is -0.777. The summed E-state index contributed by atoms with van der Waals surface area (Å²) in [7, 11) is 0. The predicted octanol–water partition coefficient (Wildman–Crippen LogP) is 2.07. The Morgan fingerprint density at radius 2 is 1.81 bits per heavy atom. The molecular formula is C16H30N2O3. The molecule has 1 unspecified atom stereocenters. The molecular weight excluding hydrogens is 268 g/mol. The monoisotopic (exact) mass is 298 g/mol. The van der Waals surface area contributed by atoms with Crippen LogP contribution in [0.5, 0.6) is 0 Å². The lowest BCUT2D eigenvalue weighted by Gasteiger charge is -2.38. The number of likely N-dealkylation sites (N-methyl/N-ethyl adjacent to an activating group) is 1. The van der Waals surface area contributed by atoms with E-state index in [2.05, 4.69) is 20.8 Å². The van der Waals surface area contributed by atoms with Crippen LogP contribution in [0, 0.1) is 11.8 Å². The number of amides is 1. The Morgan fingerprint density at radius 3 is 2.24 bits per heavy atom. The summed E-state index contributed by atoms with van der Waals surface area (Å²) in [5.41, 5.74) is 0. The molecule has 5 heteroatoms. The van der Waals surface area contributed by atoms with Crippen molar-refractivity contribution in [3.8, 4) is 0 Å². The molecule has 1 atom stereocenters. The first kappa shape index (κ1) is 18.0. The summed E-state index contributed by atoms with van der Waals surface area (Å²) in [4.78, 5) is 27.1. The lowest BCUT2D eigenvalue weighted by Crippen LogP contribution is -2.48. The molecule has 0 aromatic heterocycles. The van der Waals surface area contributed by atoms with Crippen molar-refractivity contribution in [1.82, 2.24) is 9.80 Å².